The molecule has 0 N–H and O–H groups in total. The van der Waals surface area contributed by atoms with E-state index in [9.17, 15) is 4.79 Å². The number of Topliss-reactive ketones (excluding diaryl/α,β-unsaturated/α-hetero) is 1. The summed E-state index contributed by atoms with van der Waals surface area (Å²) in [5.74, 6) is 2.05. The van der Waals surface area contributed by atoms with Gasteiger partial charge in [0.25, 0.3) is 0 Å². The van der Waals surface area contributed by atoms with Gasteiger partial charge in [0.1, 0.15) is 11.5 Å². The van der Waals surface area contributed by atoms with Crippen LogP contribution in [0.25, 0.3) is 0 Å². The van der Waals surface area contributed by atoms with Crippen LogP contribution >= 0.6 is 0 Å². The van der Waals surface area contributed by atoms with Crippen molar-refractivity contribution in [1.29, 1.82) is 0 Å². The molecule has 1 saturated carbocycles. The van der Waals surface area contributed by atoms with E-state index in [0.717, 1.165) is 30.6 Å². The first-order chi connectivity index (χ1) is 8.53. The summed E-state index contributed by atoms with van der Waals surface area (Å²) in [6, 6.07) is 2.02. The Morgan fingerprint density at radius 2 is 2.33 bits per heavy atom. The van der Waals surface area contributed by atoms with Gasteiger partial charge < -0.3 is 4.42 Å². The van der Waals surface area contributed by atoms with Crippen LogP contribution in [0.15, 0.2) is 28.9 Å². The second-order valence-electron chi connectivity index (χ2n) is 6.12. The van der Waals surface area contributed by atoms with Gasteiger partial charge in [0.2, 0.25) is 0 Å². The lowest BCUT2D eigenvalue weighted by molar-refractivity contribution is -0.131. The van der Waals surface area contributed by atoms with Crippen LogP contribution in [0.2, 0.25) is 0 Å². The van der Waals surface area contributed by atoms with Gasteiger partial charge in [-0.1, -0.05) is 12.2 Å². The van der Waals surface area contributed by atoms with Gasteiger partial charge in [-0.3, -0.25) is 4.79 Å². The molecule has 0 spiro atoms. The van der Waals surface area contributed by atoms with Gasteiger partial charge in [0.15, 0.2) is 0 Å². The molecule has 96 valence electrons. The summed E-state index contributed by atoms with van der Waals surface area (Å²) in [6.07, 6.45) is 5.58. The molecular formula is C16H20O2. The van der Waals surface area contributed by atoms with Crippen molar-refractivity contribution in [3.05, 3.63) is 35.8 Å². The molecule has 0 bridgehead atoms. The third-order valence-electron chi connectivity index (χ3n) is 5.07. The molecule has 18 heavy (non-hydrogen) atoms. The minimum atomic E-state index is -0.386. The third-order valence-corrected chi connectivity index (χ3v) is 5.07. The maximum Gasteiger partial charge on any atom is 0.147 e. The van der Waals surface area contributed by atoms with Gasteiger partial charge in [0, 0.05) is 6.42 Å². The molecule has 0 saturated heterocycles. The Balaban J connectivity index is 2.02. The number of rotatable bonds is 1. The smallest absolute Gasteiger partial charge is 0.147 e. The van der Waals surface area contributed by atoms with Crippen molar-refractivity contribution < 1.29 is 9.21 Å². The van der Waals surface area contributed by atoms with Crippen molar-refractivity contribution in [3.63, 3.8) is 0 Å². The first kappa shape index (κ1) is 11.8. The number of carbonyl (C=O) groups is 1. The van der Waals surface area contributed by atoms with Crippen LogP contribution < -0.4 is 0 Å². The number of ketones is 1. The first-order valence-electron chi connectivity index (χ1n) is 6.79. The fourth-order valence-electron chi connectivity index (χ4n) is 3.74. The van der Waals surface area contributed by atoms with E-state index in [1.165, 1.54) is 5.56 Å². The zero-order valence-electron chi connectivity index (χ0n) is 11.2. The van der Waals surface area contributed by atoms with E-state index in [2.05, 4.69) is 13.5 Å². The Labute approximate surface area is 108 Å². The number of aryl methyl sites for hydroxylation is 1. The minimum Gasteiger partial charge on any atom is -0.468 e. The summed E-state index contributed by atoms with van der Waals surface area (Å²) in [6.45, 7) is 8.16. The number of hydrogen-bond acceptors (Lipinski definition) is 2. The monoisotopic (exact) mass is 244 g/mol. The van der Waals surface area contributed by atoms with E-state index in [1.54, 1.807) is 6.26 Å². The summed E-state index contributed by atoms with van der Waals surface area (Å²) in [7, 11) is 0. The average molecular weight is 244 g/mol. The van der Waals surface area contributed by atoms with Crippen molar-refractivity contribution >= 4 is 5.78 Å². The lowest BCUT2D eigenvalue weighted by atomic mass is 9.57. The van der Waals surface area contributed by atoms with Gasteiger partial charge in [-0.05, 0) is 56.6 Å². The molecule has 0 unspecified atom stereocenters. The van der Waals surface area contributed by atoms with Gasteiger partial charge in [-0.15, -0.1) is 0 Å². The molecule has 2 aliphatic rings. The van der Waals surface area contributed by atoms with Crippen LogP contribution in [0, 0.1) is 11.8 Å². The zero-order chi connectivity index (χ0) is 12.9. The van der Waals surface area contributed by atoms with E-state index in [4.69, 9.17) is 4.42 Å². The van der Waals surface area contributed by atoms with Gasteiger partial charge in [-0.25, -0.2) is 0 Å². The van der Waals surface area contributed by atoms with Crippen LogP contribution in [0.1, 0.15) is 44.4 Å². The van der Waals surface area contributed by atoms with Crippen LogP contribution in [0.5, 0.6) is 0 Å². The van der Waals surface area contributed by atoms with Crippen LogP contribution in [0.3, 0.4) is 0 Å². The number of furan rings is 1. The Kier molecular flexibility index (Phi) is 2.51. The highest BCUT2D eigenvalue weighted by Gasteiger charge is 2.52. The maximum absolute atomic E-state index is 12.6. The van der Waals surface area contributed by atoms with Gasteiger partial charge >= 0.3 is 0 Å². The molecule has 1 heterocycles. The molecule has 0 aromatic carbocycles. The molecule has 0 amide bonds. The normalized spacial score (nSPS) is 34.9. The van der Waals surface area contributed by atoms with Crippen molar-refractivity contribution in [2.24, 2.45) is 11.8 Å². The Morgan fingerprint density at radius 3 is 3.06 bits per heavy atom. The summed E-state index contributed by atoms with van der Waals surface area (Å²) < 4.78 is 5.65. The number of allylic oxidation sites excluding steroid dienone is 1. The largest absolute Gasteiger partial charge is 0.468 e. The summed E-state index contributed by atoms with van der Waals surface area (Å²) in [4.78, 5) is 12.6. The number of carbonyl (C=O) groups excluding carboxylic acids is 1. The van der Waals surface area contributed by atoms with E-state index in [1.807, 2.05) is 13.0 Å². The van der Waals surface area contributed by atoms with Gasteiger partial charge in [-0.2, -0.15) is 0 Å². The fraction of sp³-hybridized carbons (Fsp3) is 0.562. The standard InChI is InChI=1S/C16H20O2/c1-10(2)12-8-13-5-4-11-6-7-18-15(11)16(13,3)14(17)9-12/h6-7,12-13H,1,4-5,8-9H2,2-3H3/t12-,13-,16-/m1/s1. The predicted molar refractivity (Wildman–Crippen MR) is 70.4 cm³/mol. The predicted octanol–water partition coefficient (Wildman–Crippen LogP) is 3.65. The second-order valence-corrected chi connectivity index (χ2v) is 6.12. The van der Waals surface area contributed by atoms with E-state index >= 15 is 0 Å². The summed E-state index contributed by atoms with van der Waals surface area (Å²) >= 11 is 0. The topological polar surface area (TPSA) is 30.2 Å². The lowest BCUT2D eigenvalue weighted by Gasteiger charge is -2.45. The molecule has 3 rings (SSSR count). The van der Waals surface area contributed by atoms with Gasteiger partial charge in [0.05, 0.1) is 11.7 Å². The third kappa shape index (κ3) is 1.44. The molecule has 0 radical (unpaired) electrons. The minimum absolute atomic E-state index is 0.336. The zero-order valence-corrected chi connectivity index (χ0v) is 11.2. The first-order valence-corrected chi connectivity index (χ1v) is 6.79. The Bertz CT molecular complexity index is 511. The molecule has 2 nitrogen and oxygen atoms in total. The van der Waals surface area contributed by atoms with E-state index in [0.29, 0.717) is 24.0 Å². The molecule has 3 atom stereocenters. The van der Waals surface area contributed by atoms with Crippen molar-refractivity contribution in [2.45, 2.75) is 44.9 Å². The quantitative estimate of drug-likeness (QED) is 0.706. The molecule has 2 heteroatoms. The maximum atomic E-state index is 12.6. The summed E-state index contributed by atoms with van der Waals surface area (Å²) in [5, 5.41) is 0. The van der Waals surface area contributed by atoms with E-state index < -0.39 is 0 Å². The fourth-order valence-corrected chi connectivity index (χ4v) is 3.74. The lowest BCUT2D eigenvalue weighted by Crippen LogP contribution is -2.48. The summed E-state index contributed by atoms with van der Waals surface area (Å²) in [5.41, 5.74) is 2.00. The van der Waals surface area contributed by atoms with Crippen LogP contribution in [0.4, 0.5) is 0 Å². The SMILES string of the molecule is C=C(C)[C@H]1CC(=O)[C@]2(C)c3occc3CC[C@@H]2C1. The molecule has 0 aliphatic heterocycles. The Hall–Kier alpha value is -1.31. The van der Waals surface area contributed by atoms with Crippen LogP contribution in [-0.2, 0) is 16.6 Å². The highest BCUT2D eigenvalue weighted by Crippen LogP contribution is 2.50. The second kappa shape index (κ2) is 3.84. The highest BCUT2D eigenvalue weighted by molar-refractivity contribution is 5.91. The van der Waals surface area contributed by atoms with Crippen molar-refractivity contribution in [2.75, 3.05) is 0 Å². The molecular weight excluding hydrogens is 224 g/mol. The molecule has 2 aliphatic carbocycles. The van der Waals surface area contributed by atoms with Crippen LogP contribution in [-0.4, -0.2) is 5.78 Å². The highest BCUT2D eigenvalue weighted by atomic mass is 16.3. The van der Waals surface area contributed by atoms with E-state index in [-0.39, 0.29) is 5.41 Å². The Morgan fingerprint density at radius 1 is 1.56 bits per heavy atom. The van der Waals surface area contributed by atoms with Crippen molar-refractivity contribution in [3.8, 4) is 0 Å². The number of fused-ring (bicyclic) bond motifs is 3. The molecule has 1 aromatic rings. The van der Waals surface area contributed by atoms with Crippen molar-refractivity contribution in [1.82, 2.24) is 0 Å². The number of hydrogen-bond donors (Lipinski definition) is 0. The molecule has 1 aromatic heterocycles. The molecule has 1 fully saturated rings. The average Bonchev–Trinajstić information content (AvgIpc) is 2.79.